The lowest BCUT2D eigenvalue weighted by Gasteiger charge is -2.36. The number of benzene rings is 1. The van der Waals surface area contributed by atoms with Gasteiger partial charge in [-0.2, -0.15) is 0 Å². The fraction of sp³-hybridized carbons (Fsp3) is 0.588. The van der Waals surface area contributed by atoms with Crippen molar-refractivity contribution in [1.82, 2.24) is 15.1 Å². The average Bonchev–Trinajstić information content (AvgIpc) is 2.83. The third kappa shape index (κ3) is 3.48. The molecule has 0 aliphatic carbocycles. The van der Waals surface area contributed by atoms with Gasteiger partial charge in [0.15, 0.2) is 0 Å². The second-order valence-corrected chi connectivity index (χ2v) is 6.40. The van der Waals surface area contributed by atoms with Crippen LogP contribution < -0.4 is 5.32 Å². The highest BCUT2D eigenvalue weighted by Gasteiger charge is 2.42. The van der Waals surface area contributed by atoms with Crippen LogP contribution in [0.4, 0.5) is 9.18 Å². The highest BCUT2D eigenvalue weighted by Crippen LogP contribution is 2.24. The van der Waals surface area contributed by atoms with Crippen molar-refractivity contribution in [2.45, 2.75) is 32.0 Å². The summed E-state index contributed by atoms with van der Waals surface area (Å²) in [5, 5.41) is 3.07. The largest absolute Gasteiger partial charge is 0.383 e. The van der Waals surface area contributed by atoms with Gasteiger partial charge < -0.3 is 15.0 Å². The number of nitrogens with zero attached hydrogens (tertiary/aromatic N) is 2. The Morgan fingerprint density at radius 3 is 3.04 bits per heavy atom. The second kappa shape index (κ2) is 6.84. The quantitative estimate of drug-likeness (QED) is 0.899. The van der Waals surface area contributed by atoms with E-state index in [1.807, 2.05) is 17.9 Å². The minimum Gasteiger partial charge on any atom is -0.383 e. The average molecular weight is 321 g/mol. The van der Waals surface area contributed by atoms with Crippen molar-refractivity contribution < 1.29 is 13.9 Å². The lowest BCUT2D eigenvalue weighted by molar-refractivity contribution is 0.111. The van der Waals surface area contributed by atoms with E-state index in [2.05, 4.69) is 10.2 Å². The number of rotatable bonds is 5. The van der Waals surface area contributed by atoms with Gasteiger partial charge in [0.25, 0.3) is 0 Å². The number of hydrogen-bond acceptors (Lipinski definition) is 3. The van der Waals surface area contributed by atoms with Crippen LogP contribution in [0, 0.1) is 12.7 Å². The number of nitrogens with one attached hydrogen (secondary N) is 1. The summed E-state index contributed by atoms with van der Waals surface area (Å²) < 4.78 is 18.5. The summed E-state index contributed by atoms with van der Waals surface area (Å²) in [6.07, 6.45) is 0.932. The minimum atomic E-state index is -0.194. The third-order valence-corrected chi connectivity index (χ3v) is 4.87. The molecule has 1 aromatic rings. The van der Waals surface area contributed by atoms with E-state index in [1.165, 1.54) is 6.07 Å². The number of piperidine rings is 1. The molecule has 2 aliphatic rings. The van der Waals surface area contributed by atoms with E-state index in [4.69, 9.17) is 4.74 Å². The summed E-state index contributed by atoms with van der Waals surface area (Å²) in [6, 6.07) is 5.31. The van der Waals surface area contributed by atoms with Crippen molar-refractivity contribution in [3.8, 4) is 0 Å². The normalized spacial score (nSPS) is 24.7. The van der Waals surface area contributed by atoms with Gasteiger partial charge in [-0.25, -0.2) is 9.18 Å². The molecule has 3 rings (SSSR count). The molecule has 0 aromatic heterocycles. The molecule has 1 aromatic carbocycles. The number of carbonyl (C=O) groups is 1. The first-order chi connectivity index (χ1) is 11.1. The zero-order valence-electron chi connectivity index (χ0n) is 13.7. The van der Waals surface area contributed by atoms with Gasteiger partial charge in [0.05, 0.1) is 18.7 Å². The van der Waals surface area contributed by atoms with Crippen molar-refractivity contribution in [3.63, 3.8) is 0 Å². The summed E-state index contributed by atoms with van der Waals surface area (Å²) in [5.74, 6) is -0.194. The SMILES string of the molecule is COCCN1C(=O)N[C@@H]2CN(Cc3cc(F)ccc3C)CC[C@@H]21. The van der Waals surface area contributed by atoms with E-state index >= 15 is 0 Å². The summed E-state index contributed by atoms with van der Waals surface area (Å²) in [4.78, 5) is 16.3. The van der Waals surface area contributed by atoms with Crippen LogP contribution in [0.5, 0.6) is 0 Å². The fourth-order valence-electron chi connectivity index (χ4n) is 3.57. The molecule has 0 saturated carbocycles. The number of hydrogen-bond donors (Lipinski definition) is 1. The molecule has 1 N–H and O–H groups in total. The monoisotopic (exact) mass is 321 g/mol. The lowest BCUT2D eigenvalue weighted by Crippen LogP contribution is -2.51. The van der Waals surface area contributed by atoms with Crippen LogP contribution in [0.2, 0.25) is 0 Å². The van der Waals surface area contributed by atoms with Gasteiger partial charge in [0.1, 0.15) is 5.82 Å². The minimum absolute atomic E-state index is 0.000774. The molecule has 2 amide bonds. The van der Waals surface area contributed by atoms with Gasteiger partial charge in [0, 0.05) is 33.3 Å². The summed E-state index contributed by atoms with van der Waals surface area (Å²) in [6.45, 7) is 5.63. The lowest BCUT2D eigenvalue weighted by atomic mass is 9.98. The number of ether oxygens (including phenoxy) is 1. The predicted octanol–water partition coefficient (Wildman–Crippen LogP) is 1.75. The Bertz CT molecular complexity index is 581. The molecule has 23 heavy (non-hydrogen) atoms. The first-order valence-electron chi connectivity index (χ1n) is 8.12. The van der Waals surface area contributed by atoms with Gasteiger partial charge in [-0.3, -0.25) is 4.90 Å². The molecule has 0 spiro atoms. The highest BCUT2D eigenvalue weighted by molar-refractivity contribution is 5.77. The Labute approximate surface area is 136 Å². The molecule has 2 fully saturated rings. The maximum absolute atomic E-state index is 13.4. The van der Waals surface area contributed by atoms with E-state index in [9.17, 15) is 9.18 Å². The number of halogens is 1. The Kier molecular flexibility index (Phi) is 4.82. The molecule has 5 nitrogen and oxygen atoms in total. The zero-order chi connectivity index (χ0) is 16.4. The molecule has 6 heteroatoms. The maximum atomic E-state index is 13.4. The third-order valence-electron chi connectivity index (χ3n) is 4.87. The van der Waals surface area contributed by atoms with Crippen molar-refractivity contribution >= 4 is 6.03 Å². The van der Waals surface area contributed by atoms with Crippen LogP contribution in [0.25, 0.3) is 0 Å². The van der Waals surface area contributed by atoms with Crippen molar-refractivity contribution in [2.24, 2.45) is 0 Å². The number of likely N-dealkylation sites (tertiary alicyclic amines) is 1. The van der Waals surface area contributed by atoms with Gasteiger partial charge >= 0.3 is 6.03 Å². The van der Waals surface area contributed by atoms with Crippen LogP contribution in [0.3, 0.4) is 0 Å². The molecule has 2 heterocycles. The molecular formula is C17H24FN3O2. The molecule has 0 bridgehead atoms. The zero-order valence-corrected chi connectivity index (χ0v) is 13.7. The topological polar surface area (TPSA) is 44.8 Å². The molecule has 2 atom stereocenters. The standard InChI is InChI=1S/C17H24FN3O2/c1-12-3-4-14(18)9-13(12)10-20-6-5-16-15(11-20)19-17(22)21(16)7-8-23-2/h3-4,9,15-16H,5-8,10-11H2,1-2H3,(H,19,22)/t15-,16+/m1/s1. The van der Waals surface area contributed by atoms with Crippen LogP contribution in [-0.4, -0.2) is 61.3 Å². The van der Waals surface area contributed by atoms with Crippen LogP contribution >= 0.6 is 0 Å². The molecule has 2 saturated heterocycles. The highest BCUT2D eigenvalue weighted by atomic mass is 19.1. The van der Waals surface area contributed by atoms with Gasteiger partial charge in [-0.05, 0) is 36.6 Å². The van der Waals surface area contributed by atoms with Gasteiger partial charge in [-0.1, -0.05) is 6.07 Å². The van der Waals surface area contributed by atoms with Crippen LogP contribution in [-0.2, 0) is 11.3 Å². The summed E-state index contributed by atoms with van der Waals surface area (Å²) >= 11 is 0. The second-order valence-electron chi connectivity index (χ2n) is 6.40. The Hall–Kier alpha value is -1.66. The van der Waals surface area contributed by atoms with E-state index < -0.39 is 0 Å². The molecule has 126 valence electrons. The van der Waals surface area contributed by atoms with Gasteiger partial charge in [0.2, 0.25) is 0 Å². The summed E-state index contributed by atoms with van der Waals surface area (Å²) in [7, 11) is 1.65. The number of fused-ring (bicyclic) bond motifs is 1. The maximum Gasteiger partial charge on any atom is 0.318 e. The van der Waals surface area contributed by atoms with E-state index in [1.54, 1.807) is 13.2 Å². The molecule has 2 aliphatic heterocycles. The fourth-order valence-corrected chi connectivity index (χ4v) is 3.57. The number of amides is 2. The molecule has 0 radical (unpaired) electrons. The van der Waals surface area contributed by atoms with Crippen LogP contribution in [0.1, 0.15) is 17.5 Å². The van der Waals surface area contributed by atoms with Gasteiger partial charge in [-0.15, -0.1) is 0 Å². The number of carbonyl (C=O) groups excluding carboxylic acids is 1. The smallest absolute Gasteiger partial charge is 0.318 e. The first-order valence-corrected chi connectivity index (χ1v) is 8.12. The van der Waals surface area contributed by atoms with Crippen molar-refractivity contribution in [3.05, 3.63) is 35.1 Å². The van der Waals surface area contributed by atoms with E-state index in [0.29, 0.717) is 13.2 Å². The van der Waals surface area contributed by atoms with Crippen molar-refractivity contribution in [2.75, 3.05) is 33.4 Å². The van der Waals surface area contributed by atoms with E-state index in [0.717, 1.165) is 37.2 Å². The summed E-state index contributed by atoms with van der Waals surface area (Å²) in [5.41, 5.74) is 2.12. The molecule has 0 unspecified atom stereocenters. The Balaban J connectivity index is 1.63. The van der Waals surface area contributed by atoms with Crippen molar-refractivity contribution in [1.29, 1.82) is 0 Å². The van der Waals surface area contributed by atoms with E-state index in [-0.39, 0.29) is 23.9 Å². The Morgan fingerprint density at radius 1 is 1.43 bits per heavy atom. The number of urea groups is 1. The van der Waals surface area contributed by atoms with Crippen LogP contribution in [0.15, 0.2) is 18.2 Å². The number of aryl methyl sites for hydroxylation is 1. The number of methoxy groups -OCH3 is 1. The first kappa shape index (κ1) is 16.2. The predicted molar refractivity (Wildman–Crippen MR) is 85.7 cm³/mol. The molecular weight excluding hydrogens is 297 g/mol. The Morgan fingerprint density at radius 2 is 2.26 bits per heavy atom.